The number of ether oxygens (including phenoxy) is 3. The van der Waals surface area contributed by atoms with Gasteiger partial charge in [-0.1, -0.05) is 0 Å². The van der Waals surface area contributed by atoms with Gasteiger partial charge in [-0.15, -0.1) is 11.3 Å². The zero-order chi connectivity index (χ0) is 21.8. The van der Waals surface area contributed by atoms with Gasteiger partial charge in [-0.2, -0.15) is 0 Å². The molecule has 0 aliphatic carbocycles. The third-order valence-electron chi connectivity index (χ3n) is 5.49. The van der Waals surface area contributed by atoms with Gasteiger partial charge in [-0.25, -0.2) is 15.0 Å². The second-order valence-corrected chi connectivity index (χ2v) is 8.44. The number of benzene rings is 2. The van der Waals surface area contributed by atoms with E-state index >= 15 is 0 Å². The van der Waals surface area contributed by atoms with E-state index in [-0.39, 0.29) is 0 Å². The standard InChI is InChI=1S/C23H25N5O3S/c1-29-20-12-17-19(13-21(20)31-8-2-5-28-6-9-30-10-7-28)24-14-25-23(17)27-16-3-4-18-22(11-16)32-15-26-18/h3-4,11-15H,2,5-10H2,1H3,(H,24,25,27). The van der Waals surface area contributed by atoms with Crippen molar-refractivity contribution in [3.63, 3.8) is 0 Å². The Bertz CT molecular complexity index is 1210. The lowest BCUT2D eigenvalue weighted by atomic mass is 10.2. The van der Waals surface area contributed by atoms with Gasteiger partial charge in [0.25, 0.3) is 0 Å². The van der Waals surface area contributed by atoms with Gasteiger partial charge in [0.05, 0.1) is 48.2 Å². The van der Waals surface area contributed by atoms with Gasteiger partial charge in [0.2, 0.25) is 0 Å². The highest BCUT2D eigenvalue weighted by atomic mass is 32.1. The maximum atomic E-state index is 6.06. The molecule has 166 valence electrons. The number of thiazole rings is 1. The summed E-state index contributed by atoms with van der Waals surface area (Å²) in [6.45, 7) is 5.22. The maximum absolute atomic E-state index is 6.06. The smallest absolute Gasteiger partial charge is 0.163 e. The number of morpholine rings is 1. The van der Waals surface area contributed by atoms with Gasteiger partial charge in [0.15, 0.2) is 11.5 Å². The zero-order valence-electron chi connectivity index (χ0n) is 17.9. The van der Waals surface area contributed by atoms with Crippen LogP contribution >= 0.6 is 11.3 Å². The highest BCUT2D eigenvalue weighted by molar-refractivity contribution is 7.16. The minimum Gasteiger partial charge on any atom is -0.493 e. The van der Waals surface area contributed by atoms with E-state index in [4.69, 9.17) is 14.2 Å². The van der Waals surface area contributed by atoms with Crippen LogP contribution in [0, 0.1) is 0 Å². The fraction of sp³-hybridized carbons (Fsp3) is 0.348. The molecule has 1 N–H and O–H groups in total. The van der Waals surface area contributed by atoms with Crippen LogP contribution in [0.3, 0.4) is 0 Å². The largest absolute Gasteiger partial charge is 0.493 e. The first-order valence-electron chi connectivity index (χ1n) is 10.7. The highest BCUT2D eigenvalue weighted by Crippen LogP contribution is 2.35. The van der Waals surface area contributed by atoms with Crippen molar-refractivity contribution in [1.82, 2.24) is 19.9 Å². The van der Waals surface area contributed by atoms with E-state index in [1.165, 1.54) is 0 Å². The summed E-state index contributed by atoms with van der Waals surface area (Å²) in [7, 11) is 1.65. The molecule has 0 radical (unpaired) electrons. The SMILES string of the molecule is COc1cc2c(Nc3ccc4ncsc4c3)ncnc2cc1OCCCN1CCOCC1. The molecule has 2 aromatic heterocycles. The molecule has 3 heterocycles. The predicted octanol–water partition coefficient (Wildman–Crippen LogP) is 4.09. The van der Waals surface area contributed by atoms with Crippen LogP contribution < -0.4 is 14.8 Å². The second-order valence-electron chi connectivity index (χ2n) is 7.56. The van der Waals surface area contributed by atoms with Crippen molar-refractivity contribution in [3.8, 4) is 11.5 Å². The lowest BCUT2D eigenvalue weighted by Crippen LogP contribution is -2.37. The summed E-state index contributed by atoms with van der Waals surface area (Å²) in [4.78, 5) is 15.6. The van der Waals surface area contributed by atoms with Gasteiger partial charge >= 0.3 is 0 Å². The fourth-order valence-electron chi connectivity index (χ4n) is 3.80. The van der Waals surface area contributed by atoms with Crippen LogP contribution in [-0.2, 0) is 4.74 Å². The fourth-order valence-corrected chi connectivity index (χ4v) is 4.52. The van der Waals surface area contributed by atoms with E-state index in [1.54, 1.807) is 24.8 Å². The van der Waals surface area contributed by atoms with Gasteiger partial charge < -0.3 is 19.5 Å². The molecule has 0 unspecified atom stereocenters. The average molecular weight is 452 g/mol. The summed E-state index contributed by atoms with van der Waals surface area (Å²) in [5, 5.41) is 4.27. The molecular weight excluding hydrogens is 426 g/mol. The van der Waals surface area contributed by atoms with Crippen LogP contribution in [-0.4, -0.2) is 66.4 Å². The van der Waals surface area contributed by atoms with Crippen LogP contribution in [0.15, 0.2) is 42.2 Å². The Morgan fingerprint density at radius 2 is 1.97 bits per heavy atom. The van der Waals surface area contributed by atoms with Crippen LogP contribution in [0.25, 0.3) is 21.1 Å². The maximum Gasteiger partial charge on any atom is 0.163 e. The summed E-state index contributed by atoms with van der Waals surface area (Å²) in [5.74, 6) is 2.08. The molecule has 1 saturated heterocycles. The third-order valence-corrected chi connectivity index (χ3v) is 6.29. The van der Waals surface area contributed by atoms with Crippen molar-refractivity contribution in [1.29, 1.82) is 0 Å². The Balaban J connectivity index is 1.32. The first-order valence-corrected chi connectivity index (χ1v) is 11.5. The number of aromatic nitrogens is 3. The number of rotatable bonds is 8. The number of anilines is 2. The summed E-state index contributed by atoms with van der Waals surface area (Å²) < 4.78 is 18.2. The molecule has 0 amide bonds. The molecule has 32 heavy (non-hydrogen) atoms. The van der Waals surface area contributed by atoms with Crippen molar-refractivity contribution < 1.29 is 14.2 Å². The van der Waals surface area contributed by atoms with Crippen molar-refractivity contribution in [2.75, 3.05) is 51.9 Å². The summed E-state index contributed by atoms with van der Waals surface area (Å²) in [5.41, 5.74) is 4.58. The minimum atomic E-state index is 0.615. The molecule has 2 aromatic carbocycles. The van der Waals surface area contributed by atoms with Crippen molar-refractivity contribution >= 4 is 44.0 Å². The molecule has 1 aliphatic heterocycles. The second kappa shape index (κ2) is 9.64. The Morgan fingerprint density at radius 1 is 1.06 bits per heavy atom. The van der Waals surface area contributed by atoms with Gasteiger partial charge in [-0.05, 0) is 30.7 Å². The topological polar surface area (TPSA) is 81.6 Å². The zero-order valence-corrected chi connectivity index (χ0v) is 18.7. The van der Waals surface area contributed by atoms with Crippen molar-refractivity contribution in [2.45, 2.75) is 6.42 Å². The molecule has 1 fully saturated rings. The molecule has 9 heteroatoms. The number of fused-ring (bicyclic) bond motifs is 2. The van der Waals surface area contributed by atoms with Crippen molar-refractivity contribution in [2.24, 2.45) is 0 Å². The van der Waals surface area contributed by atoms with Crippen molar-refractivity contribution in [3.05, 3.63) is 42.2 Å². The average Bonchev–Trinajstić information content (AvgIpc) is 3.30. The number of nitrogens with one attached hydrogen (secondary N) is 1. The van der Waals surface area contributed by atoms with Crippen LogP contribution in [0.2, 0.25) is 0 Å². The summed E-state index contributed by atoms with van der Waals surface area (Å²) >= 11 is 1.61. The highest BCUT2D eigenvalue weighted by Gasteiger charge is 2.13. The molecule has 5 rings (SSSR count). The number of nitrogens with zero attached hydrogens (tertiary/aromatic N) is 4. The lowest BCUT2D eigenvalue weighted by Gasteiger charge is -2.26. The van der Waals surface area contributed by atoms with E-state index in [0.717, 1.165) is 71.9 Å². The lowest BCUT2D eigenvalue weighted by molar-refractivity contribution is 0.0357. The first kappa shape index (κ1) is 20.9. The molecule has 8 nitrogen and oxygen atoms in total. The third kappa shape index (κ3) is 4.59. The van der Waals surface area contributed by atoms with Crippen LogP contribution in [0.4, 0.5) is 11.5 Å². The molecule has 0 spiro atoms. The van der Waals surface area contributed by atoms with Crippen LogP contribution in [0.1, 0.15) is 6.42 Å². The Labute approximate surface area is 190 Å². The molecule has 0 saturated carbocycles. The van der Waals surface area contributed by atoms with E-state index in [0.29, 0.717) is 18.1 Å². The van der Waals surface area contributed by atoms with E-state index in [9.17, 15) is 0 Å². The normalized spacial score (nSPS) is 14.7. The van der Waals surface area contributed by atoms with Gasteiger partial charge in [0, 0.05) is 36.8 Å². The molecular formula is C23H25N5O3S. The summed E-state index contributed by atoms with van der Waals surface area (Å²) in [6, 6.07) is 9.92. The molecule has 4 aromatic rings. The molecule has 0 bridgehead atoms. The van der Waals surface area contributed by atoms with E-state index < -0.39 is 0 Å². The quantitative estimate of drug-likeness (QED) is 0.401. The number of methoxy groups -OCH3 is 1. The summed E-state index contributed by atoms with van der Waals surface area (Å²) in [6.07, 6.45) is 2.50. The van der Waals surface area contributed by atoms with E-state index in [2.05, 4.69) is 31.2 Å². The monoisotopic (exact) mass is 451 g/mol. The van der Waals surface area contributed by atoms with Crippen LogP contribution in [0.5, 0.6) is 11.5 Å². The Hall–Kier alpha value is -3.01. The minimum absolute atomic E-state index is 0.615. The Kier molecular flexibility index (Phi) is 6.29. The number of hydrogen-bond donors (Lipinski definition) is 1. The number of hydrogen-bond acceptors (Lipinski definition) is 9. The van der Waals surface area contributed by atoms with Gasteiger partial charge in [-0.3, -0.25) is 4.90 Å². The molecule has 1 aliphatic rings. The van der Waals surface area contributed by atoms with E-state index in [1.807, 2.05) is 29.8 Å². The molecule has 0 atom stereocenters. The Morgan fingerprint density at radius 3 is 2.84 bits per heavy atom. The first-order chi connectivity index (χ1) is 15.8. The predicted molar refractivity (Wildman–Crippen MR) is 126 cm³/mol. The van der Waals surface area contributed by atoms with Gasteiger partial charge in [0.1, 0.15) is 12.1 Å².